The molecule has 30 heavy (non-hydrogen) atoms. The molecule has 1 aromatic rings. The number of carbonyl (C=O) groups excluding carboxylic acids is 2. The minimum atomic E-state index is -0.561. The van der Waals surface area contributed by atoms with E-state index in [4.69, 9.17) is 5.21 Å². The second-order valence-electron chi connectivity index (χ2n) is 8.13. The normalized spacial score (nSPS) is 19.0. The number of nitrogens with one attached hydrogen (secondary N) is 2. The van der Waals surface area contributed by atoms with Crippen LogP contribution in [0.3, 0.4) is 0 Å². The smallest absolute Gasteiger partial charge is 0.319 e. The molecule has 164 valence electrons. The van der Waals surface area contributed by atoms with Crippen LogP contribution in [0.2, 0.25) is 0 Å². The average Bonchev–Trinajstić information content (AvgIpc) is 3.45. The van der Waals surface area contributed by atoms with Gasteiger partial charge < -0.3 is 9.80 Å². The van der Waals surface area contributed by atoms with Gasteiger partial charge in [0.1, 0.15) is 6.04 Å². The maximum atomic E-state index is 13.3. The summed E-state index contributed by atoms with van der Waals surface area (Å²) in [5.74, 6) is 0.697. The lowest BCUT2D eigenvalue weighted by molar-refractivity contribution is -0.119. The molecule has 1 atom stereocenters. The van der Waals surface area contributed by atoms with Gasteiger partial charge in [-0.1, -0.05) is 32.3 Å². The average molecular weight is 417 g/mol. The molecule has 3 N–H and O–H groups in total. The highest BCUT2D eigenvalue weighted by molar-refractivity contribution is 5.96. The van der Waals surface area contributed by atoms with Gasteiger partial charge in [0, 0.05) is 31.2 Å². The van der Waals surface area contributed by atoms with Gasteiger partial charge >= 0.3 is 6.03 Å². The second kappa shape index (κ2) is 10.9. The predicted molar refractivity (Wildman–Crippen MR) is 113 cm³/mol. The van der Waals surface area contributed by atoms with Crippen molar-refractivity contribution in [2.75, 3.05) is 25.0 Å². The number of anilines is 1. The van der Waals surface area contributed by atoms with Gasteiger partial charge in [0.25, 0.3) is 0 Å². The summed E-state index contributed by atoms with van der Waals surface area (Å²) in [6.45, 7) is 5.04. The van der Waals surface area contributed by atoms with E-state index in [-0.39, 0.29) is 24.4 Å². The van der Waals surface area contributed by atoms with Crippen LogP contribution in [0.4, 0.5) is 10.7 Å². The summed E-state index contributed by atoms with van der Waals surface area (Å²) in [6, 6.07) is 0.908. The van der Waals surface area contributed by atoms with Crippen molar-refractivity contribution in [1.82, 2.24) is 25.2 Å². The van der Waals surface area contributed by atoms with Gasteiger partial charge in [-0.2, -0.15) is 0 Å². The van der Waals surface area contributed by atoms with E-state index in [9.17, 15) is 9.59 Å². The van der Waals surface area contributed by atoms with Crippen LogP contribution in [0.1, 0.15) is 51.4 Å². The van der Waals surface area contributed by atoms with Gasteiger partial charge in [0.05, 0.1) is 6.54 Å². The van der Waals surface area contributed by atoms with E-state index in [1.807, 2.05) is 5.48 Å². The van der Waals surface area contributed by atoms with Crippen LogP contribution in [0.25, 0.3) is 0 Å². The molecule has 3 rings (SSSR count). The SMILES string of the molecule is C=C(CN(CCCC1CCCC1)C(=O)N1CCCC1C(=O)Nc1ncccn1)NO. The zero-order chi connectivity index (χ0) is 21.3. The van der Waals surface area contributed by atoms with Crippen molar-refractivity contribution in [2.24, 2.45) is 5.92 Å². The van der Waals surface area contributed by atoms with E-state index >= 15 is 0 Å². The number of rotatable bonds is 9. The number of urea groups is 1. The molecule has 3 amide bonds. The van der Waals surface area contributed by atoms with Crippen LogP contribution < -0.4 is 10.8 Å². The van der Waals surface area contributed by atoms with Crippen LogP contribution in [0.15, 0.2) is 30.7 Å². The summed E-state index contributed by atoms with van der Waals surface area (Å²) in [4.78, 5) is 37.3. The van der Waals surface area contributed by atoms with E-state index < -0.39 is 6.04 Å². The number of aromatic nitrogens is 2. The quantitative estimate of drug-likeness (QED) is 0.534. The molecule has 0 radical (unpaired) electrons. The third-order valence-electron chi connectivity index (χ3n) is 5.93. The summed E-state index contributed by atoms with van der Waals surface area (Å²) in [5, 5.41) is 11.9. The van der Waals surface area contributed by atoms with Crippen molar-refractivity contribution in [1.29, 1.82) is 0 Å². The second-order valence-corrected chi connectivity index (χ2v) is 8.13. The van der Waals surface area contributed by atoms with E-state index in [2.05, 4.69) is 21.9 Å². The molecule has 0 spiro atoms. The van der Waals surface area contributed by atoms with E-state index in [0.717, 1.165) is 25.2 Å². The predicted octanol–water partition coefficient (Wildman–Crippen LogP) is 2.76. The Bertz CT molecular complexity index is 723. The third-order valence-corrected chi connectivity index (χ3v) is 5.93. The van der Waals surface area contributed by atoms with Crippen molar-refractivity contribution in [3.05, 3.63) is 30.7 Å². The Morgan fingerprint density at radius 1 is 1.20 bits per heavy atom. The lowest BCUT2D eigenvalue weighted by atomic mass is 10.0. The van der Waals surface area contributed by atoms with E-state index in [1.165, 1.54) is 25.7 Å². The highest BCUT2D eigenvalue weighted by Crippen LogP contribution is 2.29. The molecule has 9 heteroatoms. The molecule has 2 fully saturated rings. The maximum absolute atomic E-state index is 13.3. The number of amides is 3. The Morgan fingerprint density at radius 3 is 2.63 bits per heavy atom. The van der Waals surface area contributed by atoms with Gasteiger partial charge in [0.2, 0.25) is 11.9 Å². The molecule has 1 unspecified atom stereocenters. The highest BCUT2D eigenvalue weighted by Gasteiger charge is 2.36. The summed E-state index contributed by atoms with van der Waals surface area (Å²) in [5.41, 5.74) is 2.39. The first kappa shape index (κ1) is 22.0. The van der Waals surface area contributed by atoms with Gasteiger partial charge in [0.15, 0.2) is 0 Å². The van der Waals surface area contributed by atoms with Crippen LogP contribution in [0, 0.1) is 5.92 Å². The highest BCUT2D eigenvalue weighted by atomic mass is 16.5. The Labute approximate surface area is 177 Å². The number of hydrogen-bond donors (Lipinski definition) is 3. The molecule has 1 aromatic heterocycles. The van der Waals surface area contributed by atoms with Gasteiger partial charge in [-0.25, -0.2) is 14.8 Å². The van der Waals surface area contributed by atoms with Gasteiger partial charge in [-0.3, -0.25) is 20.8 Å². The van der Waals surface area contributed by atoms with Gasteiger partial charge in [-0.05, 0) is 37.7 Å². The molecule has 1 saturated heterocycles. The fourth-order valence-electron chi connectivity index (χ4n) is 4.38. The van der Waals surface area contributed by atoms with Crippen LogP contribution in [-0.2, 0) is 4.79 Å². The zero-order valence-corrected chi connectivity index (χ0v) is 17.4. The summed E-state index contributed by atoms with van der Waals surface area (Å²) in [7, 11) is 0. The first-order valence-corrected chi connectivity index (χ1v) is 10.8. The molecule has 2 aliphatic rings. The number of nitrogens with zero attached hydrogens (tertiary/aromatic N) is 4. The summed E-state index contributed by atoms with van der Waals surface area (Å²) >= 11 is 0. The Hall–Kier alpha value is -2.68. The monoisotopic (exact) mass is 416 g/mol. The first-order valence-electron chi connectivity index (χ1n) is 10.8. The molecule has 1 aliphatic carbocycles. The lowest BCUT2D eigenvalue weighted by Crippen LogP contribution is -2.50. The van der Waals surface area contributed by atoms with Crippen LogP contribution in [0.5, 0.6) is 0 Å². The minimum absolute atomic E-state index is 0.201. The van der Waals surface area contributed by atoms with Crippen LogP contribution >= 0.6 is 0 Å². The Kier molecular flexibility index (Phi) is 8.01. The summed E-state index contributed by atoms with van der Waals surface area (Å²) < 4.78 is 0. The molecule has 9 nitrogen and oxygen atoms in total. The number of hydrogen-bond acceptors (Lipinski definition) is 6. The minimum Gasteiger partial charge on any atom is -0.319 e. The fourth-order valence-corrected chi connectivity index (χ4v) is 4.38. The van der Waals surface area contributed by atoms with E-state index in [0.29, 0.717) is 25.2 Å². The molecule has 1 aliphatic heterocycles. The molecule has 0 aromatic carbocycles. The largest absolute Gasteiger partial charge is 0.321 e. The molecular formula is C21H32N6O3. The number of hydroxylamine groups is 1. The van der Waals surface area contributed by atoms with Gasteiger partial charge in [-0.15, -0.1) is 0 Å². The van der Waals surface area contributed by atoms with Crippen molar-refractivity contribution < 1.29 is 14.8 Å². The van der Waals surface area contributed by atoms with Crippen molar-refractivity contribution in [3.8, 4) is 0 Å². The van der Waals surface area contributed by atoms with Crippen molar-refractivity contribution in [2.45, 2.75) is 57.4 Å². The van der Waals surface area contributed by atoms with Crippen molar-refractivity contribution in [3.63, 3.8) is 0 Å². The topological polar surface area (TPSA) is 111 Å². The molecule has 2 heterocycles. The zero-order valence-electron chi connectivity index (χ0n) is 17.4. The first-order chi connectivity index (χ1) is 14.6. The standard InChI is InChI=1S/C21H32N6O3/c1-16(25-30)15-26(13-4-9-17-7-2-3-8-17)21(29)27-14-5-10-18(27)19(28)24-20-22-11-6-12-23-20/h6,11-12,17-18,25,30H,1-5,7-10,13-15H2,(H,22,23,24,28). The molecule has 1 saturated carbocycles. The molecule has 0 bridgehead atoms. The van der Waals surface area contributed by atoms with E-state index in [1.54, 1.807) is 28.3 Å². The Balaban J connectivity index is 1.61. The summed E-state index contributed by atoms with van der Waals surface area (Å²) in [6.07, 6.45) is 11.6. The number of carbonyl (C=O) groups is 2. The van der Waals surface area contributed by atoms with Crippen molar-refractivity contribution >= 4 is 17.9 Å². The Morgan fingerprint density at radius 2 is 1.93 bits per heavy atom. The molecular weight excluding hydrogens is 384 g/mol. The van der Waals surface area contributed by atoms with Crippen LogP contribution in [-0.4, -0.2) is 62.6 Å². The number of likely N-dealkylation sites (tertiary alicyclic amines) is 1. The third kappa shape index (κ3) is 5.91. The maximum Gasteiger partial charge on any atom is 0.321 e. The fraction of sp³-hybridized carbons (Fsp3) is 0.619. The lowest BCUT2D eigenvalue weighted by Gasteiger charge is -2.31.